The maximum absolute atomic E-state index is 11.5. The average Bonchev–Trinajstić information content (AvgIpc) is 2.35. The van der Waals surface area contributed by atoms with E-state index in [2.05, 4.69) is 0 Å². The summed E-state index contributed by atoms with van der Waals surface area (Å²) in [4.78, 5) is 22.8. The van der Waals surface area contributed by atoms with Crippen LogP contribution in [0.25, 0.3) is 0 Å². The van der Waals surface area contributed by atoms with Crippen molar-refractivity contribution in [2.75, 3.05) is 0 Å². The summed E-state index contributed by atoms with van der Waals surface area (Å²) >= 11 is 0. The van der Waals surface area contributed by atoms with Crippen molar-refractivity contribution in [1.29, 1.82) is 0 Å². The van der Waals surface area contributed by atoms with Crippen LogP contribution in [-0.2, 0) is 16.0 Å². The average molecular weight is 246 g/mol. The third kappa shape index (κ3) is 2.61. The van der Waals surface area contributed by atoms with E-state index < -0.39 is 11.4 Å². The van der Waals surface area contributed by atoms with Gasteiger partial charge in [-0.25, -0.2) is 0 Å². The van der Waals surface area contributed by atoms with E-state index in [-0.39, 0.29) is 5.78 Å². The Bertz CT molecular complexity index is 449. The summed E-state index contributed by atoms with van der Waals surface area (Å²) in [5.74, 6) is -0.577. The topological polar surface area (TPSA) is 54.4 Å². The number of carbonyl (C=O) groups is 2. The lowest BCUT2D eigenvalue weighted by Gasteiger charge is -2.32. The molecule has 0 aromatic heterocycles. The second-order valence-electron chi connectivity index (χ2n) is 5.29. The molecular weight excluding hydrogens is 228 g/mol. The van der Waals surface area contributed by atoms with Crippen LogP contribution in [0.5, 0.6) is 0 Å². The van der Waals surface area contributed by atoms with E-state index in [9.17, 15) is 14.7 Å². The molecule has 1 aromatic carbocycles. The van der Waals surface area contributed by atoms with Gasteiger partial charge in [-0.15, -0.1) is 0 Å². The van der Waals surface area contributed by atoms with E-state index >= 15 is 0 Å². The van der Waals surface area contributed by atoms with Crippen molar-refractivity contribution >= 4 is 11.8 Å². The first-order chi connectivity index (χ1) is 8.52. The van der Waals surface area contributed by atoms with Gasteiger partial charge in [0.25, 0.3) is 0 Å². The van der Waals surface area contributed by atoms with E-state index in [0.717, 1.165) is 5.56 Å². The van der Waals surface area contributed by atoms with Crippen LogP contribution in [0, 0.1) is 12.3 Å². The standard InChI is InChI=1S/C15H18O3/c1-11-2-4-12(5-3-11)10-15(14(17)18)8-6-13(16)7-9-15/h2-5H,6-10H2,1H3,(H,17,18). The van der Waals surface area contributed by atoms with Crippen molar-refractivity contribution in [3.63, 3.8) is 0 Å². The molecule has 96 valence electrons. The van der Waals surface area contributed by atoms with Crippen LogP contribution in [0.2, 0.25) is 0 Å². The first-order valence-corrected chi connectivity index (χ1v) is 6.32. The summed E-state index contributed by atoms with van der Waals surface area (Å²) in [6.45, 7) is 2.01. The largest absolute Gasteiger partial charge is 0.481 e. The van der Waals surface area contributed by atoms with E-state index in [0.29, 0.717) is 32.1 Å². The number of carboxylic acid groups (broad SMARTS) is 1. The van der Waals surface area contributed by atoms with Gasteiger partial charge < -0.3 is 5.11 Å². The third-order valence-corrected chi connectivity index (χ3v) is 3.88. The second-order valence-corrected chi connectivity index (χ2v) is 5.29. The zero-order valence-electron chi connectivity index (χ0n) is 10.6. The lowest BCUT2D eigenvalue weighted by atomic mass is 9.70. The molecule has 0 spiro atoms. The molecule has 0 amide bonds. The highest BCUT2D eigenvalue weighted by Gasteiger charge is 2.41. The number of carboxylic acids is 1. The Balaban J connectivity index is 2.18. The quantitative estimate of drug-likeness (QED) is 0.892. The fourth-order valence-electron chi connectivity index (χ4n) is 2.57. The van der Waals surface area contributed by atoms with Crippen LogP contribution in [0.3, 0.4) is 0 Å². The van der Waals surface area contributed by atoms with Crippen molar-refractivity contribution < 1.29 is 14.7 Å². The summed E-state index contributed by atoms with van der Waals surface area (Å²) in [5, 5.41) is 9.48. The Labute approximate surface area is 107 Å². The molecule has 0 radical (unpaired) electrons. The van der Waals surface area contributed by atoms with Crippen molar-refractivity contribution in [2.45, 2.75) is 39.0 Å². The van der Waals surface area contributed by atoms with E-state index in [1.165, 1.54) is 5.56 Å². The van der Waals surface area contributed by atoms with Crippen LogP contribution >= 0.6 is 0 Å². The molecule has 0 bridgehead atoms. The van der Waals surface area contributed by atoms with Gasteiger partial charge in [0, 0.05) is 12.8 Å². The Morgan fingerprint density at radius 2 is 1.78 bits per heavy atom. The Morgan fingerprint density at radius 3 is 2.28 bits per heavy atom. The minimum Gasteiger partial charge on any atom is -0.481 e. The number of carbonyl (C=O) groups excluding carboxylic acids is 1. The molecule has 18 heavy (non-hydrogen) atoms. The number of rotatable bonds is 3. The number of Topliss-reactive ketones (excluding diaryl/α,β-unsaturated/α-hetero) is 1. The fraction of sp³-hybridized carbons (Fsp3) is 0.467. The Hall–Kier alpha value is -1.64. The molecule has 0 atom stereocenters. The van der Waals surface area contributed by atoms with Crippen molar-refractivity contribution in [3.05, 3.63) is 35.4 Å². The van der Waals surface area contributed by atoms with Gasteiger partial charge in [0.05, 0.1) is 5.41 Å². The molecule has 1 aromatic rings. The van der Waals surface area contributed by atoms with Gasteiger partial charge in [-0.3, -0.25) is 9.59 Å². The number of hydrogen-bond acceptors (Lipinski definition) is 2. The van der Waals surface area contributed by atoms with E-state index in [1.54, 1.807) is 0 Å². The zero-order chi connectivity index (χ0) is 13.2. The minimum absolute atomic E-state index is 0.191. The van der Waals surface area contributed by atoms with Crippen molar-refractivity contribution in [1.82, 2.24) is 0 Å². The van der Waals surface area contributed by atoms with Gasteiger partial charge in [0.15, 0.2) is 0 Å². The maximum atomic E-state index is 11.5. The summed E-state index contributed by atoms with van der Waals surface area (Å²) in [6.07, 6.45) is 2.26. The summed E-state index contributed by atoms with van der Waals surface area (Å²) in [5.41, 5.74) is 1.46. The van der Waals surface area contributed by atoms with Crippen LogP contribution in [0.4, 0.5) is 0 Å². The van der Waals surface area contributed by atoms with E-state index in [1.807, 2.05) is 31.2 Å². The molecular formula is C15H18O3. The van der Waals surface area contributed by atoms with Gasteiger partial charge in [-0.05, 0) is 31.7 Å². The van der Waals surface area contributed by atoms with Gasteiger partial charge in [0.1, 0.15) is 5.78 Å². The highest BCUT2D eigenvalue weighted by atomic mass is 16.4. The molecule has 3 nitrogen and oxygen atoms in total. The lowest BCUT2D eigenvalue weighted by molar-refractivity contribution is -0.151. The van der Waals surface area contributed by atoms with E-state index in [4.69, 9.17) is 0 Å². The molecule has 0 unspecified atom stereocenters. The van der Waals surface area contributed by atoms with Gasteiger partial charge in [-0.2, -0.15) is 0 Å². The predicted octanol–water partition coefficient (Wildman–Crippen LogP) is 2.75. The van der Waals surface area contributed by atoms with Gasteiger partial charge in [0.2, 0.25) is 0 Å². The monoisotopic (exact) mass is 246 g/mol. The number of ketones is 1. The Kier molecular flexibility index (Phi) is 3.50. The molecule has 0 aliphatic heterocycles. The lowest BCUT2D eigenvalue weighted by Crippen LogP contribution is -2.37. The molecule has 1 N–H and O–H groups in total. The molecule has 1 fully saturated rings. The van der Waals surface area contributed by atoms with Gasteiger partial charge >= 0.3 is 5.97 Å². The number of hydrogen-bond donors (Lipinski definition) is 1. The third-order valence-electron chi connectivity index (χ3n) is 3.88. The number of aliphatic carboxylic acids is 1. The highest BCUT2D eigenvalue weighted by molar-refractivity contribution is 5.84. The summed E-state index contributed by atoms with van der Waals surface area (Å²) in [7, 11) is 0. The first-order valence-electron chi connectivity index (χ1n) is 6.32. The molecule has 0 saturated heterocycles. The van der Waals surface area contributed by atoms with Crippen LogP contribution in [0.15, 0.2) is 24.3 Å². The second kappa shape index (κ2) is 4.92. The zero-order valence-corrected chi connectivity index (χ0v) is 10.6. The normalized spacial score (nSPS) is 18.6. The highest BCUT2D eigenvalue weighted by Crippen LogP contribution is 2.38. The molecule has 1 saturated carbocycles. The molecule has 0 heterocycles. The predicted molar refractivity (Wildman–Crippen MR) is 68.4 cm³/mol. The SMILES string of the molecule is Cc1ccc(CC2(C(=O)O)CCC(=O)CC2)cc1. The minimum atomic E-state index is -0.768. The van der Waals surface area contributed by atoms with Crippen molar-refractivity contribution in [2.24, 2.45) is 5.41 Å². The fourth-order valence-corrected chi connectivity index (χ4v) is 2.57. The first kappa shape index (κ1) is 12.8. The Morgan fingerprint density at radius 1 is 1.22 bits per heavy atom. The number of benzene rings is 1. The van der Waals surface area contributed by atoms with Crippen LogP contribution in [0.1, 0.15) is 36.8 Å². The smallest absolute Gasteiger partial charge is 0.309 e. The summed E-state index contributed by atoms with van der Waals surface area (Å²) < 4.78 is 0. The summed E-state index contributed by atoms with van der Waals surface area (Å²) in [6, 6.07) is 7.96. The molecule has 1 aliphatic rings. The van der Waals surface area contributed by atoms with Crippen molar-refractivity contribution in [3.8, 4) is 0 Å². The molecule has 3 heteroatoms. The molecule has 2 rings (SSSR count). The number of aryl methyl sites for hydroxylation is 1. The van der Waals surface area contributed by atoms with Crippen LogP contribution in [-0.4, -0.2) is 16.9 Å². The van der Waals surface area contributed by atoms with Crippen LogP contribution < -0.4 is 0 Å². The molecule has 1 aliphatic carbocycles. The maximum Gasteiger partial charge on any atom is 0.309 e. The van der Waals surface area contributed by atoms with Gasteiger partial charge in [-0.1, -0.05) is 29.8 Å².